The van der Waals surface area contributed by atoms with E-state index in [4.69, 9.17) is 37.9 Å². The first kappa shape index (κ1) is 61.2. The largest absolute Gasteiger partial charge is 0.392 e. The van der Waals surface area contributed by atoms with Gasteiger partial charge >= 0.3 is 0 Å². The molecule has 1 saturated carbocycles. The molecule has 0 bridgehead atoms. The van der Waals surface area contributed by atoms with Crippen LogP contribution in [-0.2, 0) is 73.3 Å². The van der Waals surface area contributed by atoms with Crippen LogP contribution < -0.4 is 21.3 Å². The fourth-order valence-electron chi connectivity index (χ4n) is 8.02. The van der Waals surface area contributed by atoms with Gasteiger partial charge < -0.3 is 64.3 Å². The van der Waals surface area contributed by atoms with Crippen LogP contribution in [0, 0.1) is 17.8 Å². The van der Waals surface area contributed by atoms with Crippen LogP contribution in [0.25, 0.3) is 0 Å². The van der Waals surface area contributed by atoms with E-state index in [2.05, 4.69) is 21.3 Å². The van der Waals surface area contributed by atoms with Gasteiger partial charge in [-0.2, -0.15) is 0 Å². The van der Waals surface area contributed by atoms with Crippen molar-refractivity contribution >= 4 is 41.1 Å². The van der Waals surface area contributed by atoms with Gasteiger partial charge in [0.15, 0.2) is 0 Å². The molecular weight excluding hydrogens is 923 g/mol. The number of aliphatic hydroxyl groups excluding tert-OH is 1. The predicted molar refractivity (Wildman–Crippen MR) is 264 cm³/mol. The van der Waals surface area contributed by atoms with Crippen molar-refractivity contribution in [2.45, 2.75) is 117 Å². The molecule has 20 heteroatoms. The van der Waals surface area contributed by atoms with Gasteiger partial charge in [0.2, 0.25) is 35.4 Å². The summed E-state index contributed by atoms with van der Waals surface area (Å²) in [6.07, 6.45) is 10.9. The summed E-state index contributed by atoms with van der Waals surface area (Å²) >= 11 is 0. The molecule has 1 aliphatic heterocycles. The first-order chi connectivity index (χ1) is 34.5. The van der Waals surface area contributed by atoms with Gasteiger partial charge in [-0.3, -0.25) is 33.7 Å². The van der Waals surface area contributed by atoms with E-state index < -0.39 is 23.9 Å². The van der Waals surface area contributed by atoms with Crippen molar-refractivity contribution in [1.82, 2.24) is 20.9 Å². The molecule has 6 amide bonds. The van der Waals surface area contributed by atoms with Crippen molar-refractivity contribution in [2.24, 2.45) is 17.8 Å². The second-order valence-corrected chi connectivity index (χ2v) is 18.1. The number of imide groups is 1. The fraction of sp³-hybridized carbons (Fsp3) is 0.765. The summed E-state index contributed by atoms with van der Waals surface area (Å²) in [4.78, 5) is 77.5. The number of hydrogen-bond acceptors (Lipinski definition) is 15. The molecule has 1 aliphatic carbocycles. The molecule has 2 fully saturated rings. The number of nitrogens with zero attached hydrogens (tertiary/aromatic N) is 1. The normalized spacial score (nSPS) is 16.7. The lowest BCUT2D eigenvalue weighted by Crippen LogP contribution is -2.53. The Morgan fingerprint density at radius 1 is 0.592 bits per heavy atom. The van der Waals surface area contributed by atoms with Gasteiger partial charge in [-0.15, -0.1) is 0 Å². The summed E-state index contributed by atoms with van der Waals surface area (Å²) in [6, 6.07) is 5.03. The summed E-state index contributed by atoms with van der Waals surface area (Å²) in [5.41, 5.74) is 1.25. The highest BCUT2D eigenvalue weighted by Crippen LogP contribution is 2.34. The zero-order valence-electron chi connectivity index (χ0n) is 42.7. The highest BCUT2D eigenvalue weighted by Gasteiger charge is 2.42. The SMILES string of the molecule is CC(C)[C@H](NC(=O)CCOCCOCCOCCOCCOCCOCCOCCOCCNC(=O)CCN1C(=O)CC(C2CCCCCCCCC2)C1=O)C(=O)N[C@@H](C)C(=O)Nc1ccc(CO)cc1. The van der Waals surface area contributed by atoms with E-state index in [1.165, 1.54) is 37.0 Å². The molecule has 1 heterocycles. The van der Waals surface area contributed by atoms with E-state index >= 15 is 0 Å². The molecule has 0 radical (unpaired) electrons. The Balaban J connectivity index is 1.02. The van der Waals surface area contributed by atoms with Crippen molar-refractivity contribution in [2.75, 3.05) is 124 Å². The van der Waals surface area contributed by atoms with Crippen LogP contribution >= 0.6 is 0 Å². The standard InChI is InChI=1S/C51H85N5O15/c1-39(2)48(50(62)53-40(3)49(61)54-43-15-13-41(38-57)14-16-43)55-46(59)18-21-64-23-25-66-27-29-68-31-33-70-35-36-71-34-32-69-30-28-67-26-24-65-22-19-52-45(58)17-20-56-47(60)37-44(51(56)63)42-11-9-7-5-4-6-8-10-12-42/h13-16,39-40,42,44,48,57H,4-12,17-38H2,1-3H3,(H,52,58)(H,53,62)(H,54,61)(H,55,59)/t40-,44?,48-/m0/s1. The van der Waals surface area contributed by atoms with Crippen LogP contribution in [-0.4, -0.2) is 176 Å². The number of nitrogens with one attached hydrogen (secondary N) is 4. The lowest BCUT2D eigenvalue weighted by Gasteiger charge is -2.24. The summed E-state index contributed by atoms with van der Waals surface area (Å²) in [7, 11) is 0. The third kappa shape index (κ3) is 27.5. The first-order valence-electron chi connectivity index (χ1n) is 25.8. The van der Waals surface area contributed by atoms with Crippen LogP contribution in [0.1, 0.15) is 103 Å². The molecule has 1 unspecified atom stereocenters. The Bertz CT molecular complexity index is 1640. The molecule has 3 rings (SSSR count). The second-order valence-electron chi connectivity index (χ2n) is 18.1. The van der Waals surface area contributed by atoms with Gasteiger partial charge in [0.25, 0.3) is 0 Å². The van der Waals surface area contributed by atoms with Crippen LogP contribution in [0.5, 0.6) is 0 Å². The van der Waals surface area contributed by atoms with E-state index in [9.17, 15) is 33.9 Å². The zero-order chi connectivity index (χ0) is 51.3. The number of ether oxygens (including phenoxy) is 8. The number of rotatable bonds is 38. The topological polar surface area (TPSA) is 248 Å². The van der Waals surface area contributed by atoms with Gasteiger partial charge in [-0.1, -0.05) is 70.9 Å². The van der Waals surface area contributed by atoms with E-state index in [1.807, 2.05) is 0 Å². The third-order valence-corrected chi connectivity index (χ3v) is 12.1. The number of anilines is 1. The summed E-state index contributed by atoms with van der Waals surface area (Å²) in [5.74, 6) is -1.88. The molecule has 404 valence electrons. The van der Waals surface area contributed by atoms with Crippen molar-refractivity contribution in [3.05, 3.63) is 29.8 Å². The average molecular weight is 1010 g/mol. The highest BCUT2D eigenvalue weighted by molar-refractivity contribution is 6.04. The maximum atomic E-state index is 13.1. The molecule has 0 spiro atoms. The molecule has 1 saturated heterocycles. The van der Waals surface area contributed by atoms with E-state index in [1.54, 1.807) is 45.0 Å². The predicted octanol–water partition coefficient (Wildman–Crippen LogP) is 3.31. The minimum Gasteiger partial charge on any atom is -0.392 e. The van der Waals surface area contributed by atoms with E-state index in [0.717, 1.165) is 25.7 Å². The molecule has 3 atom stereocenters. The summed E-state index contributed by atoms with van der Waals surface area (Å²) < 4.78 is 44.1. The van der Waals surface area contributed by atoms with Crippen LogP contribution in [0.2, 0.25) is 0 Å². The number of hydrogen-bond donors (Lipinski definition) is 5. The van der Waals surface area contributed by atoms with Gasteiger partial charge in [0.1, 0.15) is 12.1 Å². The van der Waals surface area contributed by atoms with E-state index in [-0.39, 0.29) is 80.4 Å². The quantitative estimate of drug-likeness (QED) is 0.0471. The molecular formula is C51H85N5O15. The molecule has 71 heavy (non-hydrogen) atoms. The zero-order valence-corrected chi connectivity index (χ0v) is 42.7. The fourth-order valence-corrected chi connectivity index (χ4v) is 8.02. The smallest absolute Gasteiger partial charge is 0.246 e. The maximum absolute atomic E-state index is 13.1. The lowest BCUT2D eigenvalue weighted by atomic mass is 9.82. The third-order valence-electron chi connectivity index (χ3n) is 12.1. The van der Waals surface area contributed by atoms with E-state index in [0.29, 0.717) is 117 Å². The van der Waals surface area contributed by atoms with Crippen molar-refractivity contribution in [3.8, 4) is 0 Å². The van der Waals surface area contributed by atoms with Crippen LogP contribution in [0.4, 0.5) is 5.69 Å². The Kier molecular flexibility index (Phi) is 33.2. The highest BCUT2D eigenvalue weighted by atomic mass is 16.6. The Hall–Kier alpha value is -4.12. The molecule has 1 aromatic rings. The number of amides is 6. The molecule has 20 nitrogen and oxygen atoms in total. The van der Waals surface area contributed by atoms with Crippen LogP contribution in [0.15, 0.2) is 24.3 Å². The van der Waals surface area contributed by atoms with Gasteiger partial charge in [0.05, 0.1) is 118 Å². The van der Waals surface area contributed by atoms with Crippen molar-refractivity contribution in [1.29, 1.82) is 0 Å². The molecule has 5 N–H and O–H groups in total. The second kappa shape index (κ2) is 38.5. The number of aliphatic hydroxyl groups is 1. The first-order valence-corrected chi connectivity index (χ1v) is 25.8. The van der Waals surface area contributed by atoms with Crippen LogP contribution in [0.3, 0.4) is 0 Å². The Morgan fingerprint density at radius 2 is 1.06 bits per heavy atom. The van der Waals surface area contributed by atoms with Crippen molar-refractivity contribution in [3.63, 3.8) is 0 Å². The molecule has 1 aromatic carbocycles. The molecule has 0 aromatic heterocycles. The van der Waals surface area contributed by atoms with Gasteiger partial charge in [-0.25, -0.2) is 0 Å². The minimum atomic E-state index is -0.848. The number of benzene rings is 1. The Labute approximate surface area is 420 Å². The minimum absolute atomic E-state index is 0.0549. The van der Waals surface area contributed by atoms with Gasteiger partial charge in [0, 0.05) is 38.0 Å². The monoisotopic (exact) mass is 1010 g/mol. The lowest BCUT2D eigenvalue weighted by molar-refractivity contribution is -0.140. The summed E-state index contributed by atoms with van der Waals surface area (Å²) in [6.45, 7) is 11.5. The average Bonchev–Trinajstić information content (AvgIpc) is 3.64. The van der Waals surface area contributed by atoms with Crippen molar-refractivity contribution < 1.29 is 71.8 Å². The Morgan fingerprint density at radius 3 is 1.54 bits per heavy atom. The summed E-state index contributed by atoms with van der Waals surface area (Å²) in [5, 5.41) is 20.1. The maximum Gasteiger partial charge on any atom is 0.246 e. The number of carbonyl (C=O) groups is 6. The number of carbonyl (C=O) groups excluding carboxylic acids is 6. The number of likely N-dealkylation sites (tertiary alicyclic amines) is 1. The molecule has 2 aliphatic rings. The van der Waals surface area contributed by atoms with Gasteiger partial charge in [-0.05, 0) is 49.3 Å².